The predicted molar refractivity (Wildman–Crippen MR) is 87.2 cm³/mol. The third-order valence-electron chi connectivity index (χ3n) is 4.33. The molecule has 0 bridgehead atoms. The number of nitrogens with zero attached hydrogens (tertiary/aromatic N) is 4. The van der Waals surface area contributed by atoms with Crippen LogP contribution in [0.2, 0.25) is 0 Å². The molecule has 1 amide bonds. The van der Waals surface area contributed by atoms with E-state index >= 15 is 4.39 Å². The molecule has 2 aromatic heterocycles. The summed E-state index contributed by atoms with van der Waals surface area (Å²) in [5.41, 5.74) is -0.996. The van der Waals surface area contributed by atoms with Gasteiger partial charge in [-0.3, -0.25) is 9.78 Å². The van der Waals surface area contributed by atoms with Crippen LogP contribution in [0.1, 0.15) is 22.7 Å². The Labute approximate surface area is 147 Å². The summed E-state index contributed by atoms with van der Waals surface area (Å²) >= 11 is 0. The van der Waals surface area contributed by atoms with E-state index in [-0.39, 0.29) is 42.9 Å². The highest BCUT2D eigenvalue weighted by molar-refractivity contribution is 5.94. The average molecular weight is 356 g/mol. The molecule has 1 atom stereocenters. The lowest BCUT2D eigenvalue weighted by atomic mass is 10.1. The Morgan fingerprint density at radius 2 is 2.04 bits per heavy atom. The van der Waals surface area contributed by atoms with Gasteiger partial charge in [-0.15, -0.1) is 0 Å². The van der Waals surface area contributed by atoms with E-state index in [1.54, 1.807) is 18.3 Å². The summed E-state index contributed by atoms with van der Waals surface area (Å²) in [5.74, 6) is -0.692. The van der Waals surface area contributed by atoms with Crippen LogP contribution in [0.4, 0.5) is 8.78 Å². The number of halogens is 2. The van der Waals surface area contributed by atoms with Crippen LogP contribution in [0.5, 0.6) is 0 Å². The van der Waals surface area contributed by atoms with Crippen LogP contribution in [-0.2, 0) is 5.67 Å². The minimum absolute atomic E-state index is 0.0596. The lowest BCUT2D eigenvalue weighted by Crippen LogP contribution is -2.32. The van der Waals surface area contributed by atoms with Crippen molar-refractivity contribution in [2.24, 2.45) is 0 Å². The van der Waals surface area contributed by atoms with E-state index in [2.05, 4.69) is 15.1 Å². The van der Waals surface area contributed by atoms with Crippen molar-refractivity contribution in [3.05, 3.63) is 66.1 Å². The van der Waals surface area contributed by atoms with Gasteiger partial charge < -0.3 is 9.42 Å². The Hall–Kier alpha value is -3.16. The van der Waals surface area contributed by atoms with Crippen LogP contribution in [0.3, 0.4) is 0 Å². The molecule has 1 aromatic carbocycles. The number of likely N-dealkylation sites (tertiary alicyclic amines) is 1. The van der Waals surface area contributed by atoms with Gasteiger partial charge in [0.15, 0.2) is 0 Å². The summed E-state index contributed by atoms with van der Waals surface area (Å²) < 4.78 is 33.4. The highest BCUT2D eigenvalue weighted by atomic mass is 19.1. The third kappa shape index (κ3) is 2.94. The van der Waals surface area contributed by atoms with Crippen molar-refractivity contribution in [2.45, 2.75) is 12.1 Å². The first-order valence-corrected chi connectivity index (χ1v) is 8.03. The fourth-order valence-electron chi connectivity index (χ4n) is 2.91. The van der Waals surface area contributed by atoms with Crippen LogP contribution in [0.15, 0.2) is 53.3 Å². The second-order valence-electron chi connectivity index (χ2n) is 6.11. The van der Waals surface area contributed by atoms with Gasteiger partial charge in [-0.25, -0.2) is 8.78 Å². The minimum Gasteiger partial charge on any atom is -0.335 e. The lowest BCUT2D eigenvalue weighted by Gasteiger charge is -2.17. The Morgan fingerprint density at radius 1 is 1.23 bits per heavy atom. The van der Waals surface area contributed by atoms with Crippen LogP contribution in [0.25, 0.3) is 11.4 Å². The SMILES string of the molecule is O=C(c1cccnc1)N1CCC(F)(c2nc(-c3ccc(F)cc3)no2)C1. The molecule has 1 saturated heterocycles. The largest absolute Gasteiger partial charge is 0.335 e. The monoisotopic (exact) mass is 356 g/mol. The molecule has 3 heterocycles. The third-order valence-corrected chi connectivity index (χ3v) is 4.33. The van der Waals surface area contributed by atoms with E-state index in [9.17, 15) is 9.18 Å². The topological polar surface area (TPSA) is 72.1 Å². The molecule has 8 heteroatoms. The van der Waals surface area contributed by atoms with Gasteiger partial charge in [0.2, 0.25) is 11.5 Å². The molecule has 4 rings (SSSR count). The molecule has 0 radical (unpaired) electrons. The van der Waals surface area contributed by atoms with E-state index < -0.39 is 5.67 Å². The van der Waals surface area contributed by atoms with E-state index in [1.807, 2.05) is 0 Å². The van der Waals surface area contributed by atoms with Crippen molar-refractivity contribution >= 4 is 5.91 Å². The maximum absolute atomic E-state index is 15.3. The first-order valence-electron chi connectivity index (χ1n) is 8.03. The molecule has 6 nitrogen and oxygen atoms in total. The zero-order valence-electron chi connectivity index (χ0n) is 13.6. The number of carbonyl (C=O) groups is 1. The summed E-state index contributed by atoms with van der Waals surface area (Å²) in [6.07, 6.45) is 3.07. The van der Waals surface area contributed by atoms with Crippen LogP contribution < -0.4 is 0 Å². The minimum atomic E-state index is -1.91. The van der Waals surface area contributed by atoms with Gasteiger partial charge >= 0.3 is 0 Å². The molecular weight excluding hydrogens is 342 g/mol. The van der Waals surface area contributed by atoms with Crippen LogP contribution in [-0.4, -0.2) is 39.0 Å². The fourth-order valence-corrected chi connectivity index (χ4v) is 2.91. The van der Waals surface area contributed by atoms with E-state index in [4.69, 9.17) is 4.52 Å². The van der Waals surface area contributed by atoms with Gasteiger partial charge in [-0.1, -0.05) is 5.16 Å². The van der Waals surface area contributed by atoms with Gasteiger partial charge in [0.1, 0.15) is 5.82 Å². The second kappa shape index (κ2) is 6.29. The number of rotatable bonds is 3. The Morgan fingerprint density at radius 3 is 2.77 bits per heavy atom. The molecule has 1 aliphatic heterocycles. The van der Waals surface area contributed by atoms with Crippen LogP contribution >= 0.6 is 0 Å². The summed E-state index contributed by atoms with van der Waals surface area (Å²) in [6.45, 7) is 0.0598. The summed E-state index contributed by atoms with van der Waals surface area (Å²) in [7, 11) is 0. The molecule has 1 aliphatic rings. The number of aromatic nitrogens is 3. The molecule has 0 spiro atoms. The number of benzene rings is 1. The fraction of sp³-hybridized carbons (Fsp3) is 0.222. The predicted octanol–water partition coefficient (Wildman–Crippen LogP) is 2.98. The second-order valence-corrected chi connectivity index (χ2v) is 6.11. The van der Waals surface area contributed by atoms with Gasteiger partial charge in [0.25, 0.3) is 11.8 Å². The number of alkyl halides is 1. The first-order chi connectivity index (χ1) is 12.5. The molecule has 132 valence electrons. The smallest absolute Gasteiger partial charge is 0.266 e. The molecule has 3 aromatic rings. The molecule has 1 fully saturated rings. The maximum Gasteiger partial charge on any atom is 0.266 e. The normalized spacial score (nSPS) is 19.7. The number of carbonyl (C=O) groups excluding carboxylic acids is 1. The highest BCUT2D eigenvalue weighted by Crippen LogP contribution is 2.36. The molecule has 0 saturated carbocycles. The van der Waals surface area contributed by atoms with Crippen molar-refractivity contribution in [1.29, 1.82) is 0 Å². The summed E-state index contributed by atoms with van der Waals surface area (Å²) in [6, 6.07) is 8.79. The standard InChI is InChI=1S/C18H14F2N4O2/c19-14-5-3-12(4-6-14)15-22-17(26-23-15)18(20)7-9-24(11-18)16(25)13-2-1-8-21-10-13/h1-6,8,10H,7,9,11H2. The molecule has 26 heavy (non-hydrogen) atoms. The van der Waals surface area contributed by atoms with Gasteiger partial charge in [-0.2, -0.15) is 4.98 Å². The van der Waals surface area contributed by atoms with Crippen molar-refractivity contribution < 1.29 is 18.1 Å². The Balaban J connectivity index is 1.53. The van der Waals surface area contributed by atoms with E-state index in [0.717, 1.165) is 0 Å². The average Bonchev–Trinajstić information content (AvgIpc) is 3.31. The summed E-state index contributed by atoms with van der Waals surface area (Å²) in [4.78, 5) is 21.9. The van der Waals surface area contributed by atoms with Gasteiger partial charge in [0.05, 0.1) is 12.1 Å². The quantitative estimate of drug-likeness (QED) is 0.721. The zero-order valence-corrected chi connectivity index (χ0v) is 13.6. The van der Waals surface area contributed by atoms with E-state index in [1.165, 1.54) is 35.4 Å². The Kier molecular flexibility index (Phi) is 3.95. The van der Waals surface area contributed by atoms with Gasteiger partial charge in [-0.05, 0) is 36.4 Å². The lowest BCUT2D eigenvalue weighted by molar-refractivity contribution is 0.0716. The maximum atomic E-state index is 15.3. The summed E-state index contributed by atoms with van der Waals surface area (Å²) in [5, 5.41) is 3.77. The number of amides is 1. The molecule has 0 N–H and O–H groups in total. The van der Waals surface area contributed by atoms with Crippen molar-refractivity contribution in [1.82, 2.24) is 20.0 Å². The molecule has 1 unspecified atom stereocenters. The number of pyridine rings is 1. The Bertz CT molecular complexity index is 930. The number of hydrogen-bond acceptors (Lipinski definition) is 5. The number of hydrogen-bond donors (Lipinski definition) is 0. The van der Waals surface area contributed by atoms with Crippen molar-refractivity contribution in [2.75, 3.05) is 13.1 Å². The van der Waals surface area contributed by atoms with Crippen LogP contribution in [0, 0.1) is 5.82 Å². The first kappa shape index (κ1) is 16.3. The molecule has 0 aliphatic carbocycles. The highest BCUT2D eigenvalue weighted by Gasteiger charge is 2.46. The van der Waals surface area contributed by atoms with Crippen molar-refractivity contribution in [3.63, 3.8) is 0 Å². The zero-order chi connectivity index (χ0) is 18.1. The molecular formula is C18H14F2N4O2. The van der Waals surface area contributed by atoms with Gasteiger partial charge in [0, 0.05) is 30.9 Å². The van der Waals surface area contributed by atoms with E-state index in [0.29, 0.717) is 11.1 Å². The van der Waals surface area contributed by atoms with Crippen molar-refractivity contribution in [3.8, 4) is 11.4 Å².